The predicted octanol–water partition coefficient (Wildman–Crippen LogP) is 8.02. The number of nitrogen functional groups attached to an aromatic ring is 1. The van der Waals surface area contributed by atoms with Crippen molar-refractivity contribution in [3.63, 3.8) is 0 Å². The van der Waals surface area contributed by atoms with E-state index >= 15 is 0 Å². The van der Waals surface area contributed by atoms with Crippen molar-refractivity contribution in [2.75, 3.05) is 30.8 Å². The first-order valence-corrected chi connectivity index (χ1v) is 16.9. The van der Waals surface area contributed by atoms with Crippen LogP contribution in [0.25, 0.3) is 11.4 Å². The van der Waals surface area contributed by atoms with E-state index in [-0.39, 0.29) is 44.5 Å². The fourth-order valence-corrected chi connectivity index (χ4v) is 6.10. The fraction of sp³-hybridized carbons (Fsp3) is 0.188. The van der Waals surface area contributed by atoms with Gasteiger partial charge < -0.3 is 15.2 Å². The number of ether oxygens (including phenoxy) is 2. The predicted molar refractivity (Wildman–Crippen MR) is 186 cm³/mol. The van der Waals surface area contributed by atoms with Gasteiger partial charge in [-0.15, -0.1) is 5.10 Å². The number of methoxy groups -OCH3 is 1. The molecule has 0 saturated carbocycles. The molecule has 0 spiro atoms. The minimum atomic E-state index is -4.63. The number of halogens is 6. The SMILES string of the molecule is CCS(=O)c1c(C#N)nn(-c2c(Cl)cc(C(F)(F)F)cc2Cl)c1N.COC(=O)N(OC)c1ccccc1COc1ccn(-c2ccc(Cl)cc2)n1. The van der Waals surface area contributed by atoms with Gasteiger partial charge in [-0.05, 0) is 42.5 Å². The van der Waals surface area contributed by atoms with Crippen molar-refractivity contribution in [2.24, 2.45) is 0 Å². The van der Waals surface area contributed by atoms with Crippen LogP contribution in [0.5, 0.6) is 5.88 Å². The van der Waals surface area contributed by atoms with Crippen LogP contribution >= 0.6 is 34.8 Å². The normalized spacial score (nSPS) is 11.6. The molecule has 0 fully saturated rings. The third kappa shape index (κ3) is 9.12. The zero-order valence-electron chi connectivity index (χ0n) is 26.8. The van der Waals surface area contributed by atoms with Gasteiger partial charge in [0, 0.05) is 28.6 Å². The summed E-state index contributed by atoms with van der Waals surface area (Å²) in [6.07, 6.45) is -3.47. The number of carbonyl (C=O) groups is 1. The Morgan fingerprint density at radius 2 is 1.69 bits per heavy atom. The van der Waals surface area contributed by atoms with Crippen molar-refractivity contribution in [1.82, 2.24) is 19.6 Å². The molecule has 268 valence electrons. The highest BCUT2D eigenvalue weighted by atomic mass is 35.5. The van der Waals surface area contributed by atoms with Crippen LogP contribution in [0, 0.1) is 11.3 Å². The number of nitriles is 1. The quantitative estimate of drug-likeness (QED) is 0.147. The second kappa shape index (κ2) is 16.9. The molecule has 0 bridgehead atoms. The van der Waals surface area contributed by atoms with Gasteiger partial charge in [-0.1, -0.05) is 59.9 Å². The molecule has 0 aliphatic heterocycles. The molecule has 0 saturated heterocycles. The molecule has 3 aromatic carbocycles. The molecule has 19 heteroatoms. The minimum Gasteiger partial charge on any atom is -0.472 e. The number of carbonyl (C=O) groups excluding carboxylic acids is 1. The summed E-state index contributed by atoms with van der Waals surface area (Å²) in [4.78, 5) is 17.0. The average Bonchev–Trinajstić information content (AvgIpc) is 3.72. The molecule has 5 aromatic rings. The van der Waals surface area contributed by atoms with Crippen LogP contribution in [0.4, 0.5) is 29.5 Å². The number of anilines is 2. The topological polar surface area (TPSA) is 151 Å². The first-order chi connectivity index (χ1) is 24.2. The third-order valence-electron chi connectivity index (χ3n) is 6.79. The first kappa shape index (κ1) is 39.0. The van der Waals surface area contributed by atoms with E-state index in [1.807, 2.05) is 24.3 Å². The van der Waals surface area contributed by atoms with E-state index in [4.69, 9.17) is 60.1 Å². The van der Waals surface area contributed by atoms with Crippen LogP contribution in [-0.2, 0) is 33.2 Å². The average molecular weight is 785 g/mol. The van der Waals surface area contributed by atoms with Gasteiger partial charge in [0.2, 0.25) is 5.88 Å². The molecule has 12 nitrogen and oxygen atoms in total. The Morgan fingerprint density at radius 3 is 2.25 bits per heavy atom. The number of hydrogen-bond acceptors (Lipinski definition) is 9. The van der Waals surface area contributed by atoms with Gasteiger partial charge in [0.05, 0.1) is 52.0 Å². The maximum Gasteiger partial charge on any atom is 0.438 e. The van der Waals surface area contributed by atoms with Gasteiger partial charge in [-0.25, -0.2) is 14.2 Å². The van der Waals surface area contributed by atoms with E-state index in [9.17, 15) is 22.2 Å². The van der Waals surface area contributed by atoms with Gasteiger partial charge in [-0.2, -0.15) is 28.6 Å². The molecule has 1 unspecified atom stereocenters. The number of nitrogens with two attached hydrogens (primary N) is 1. The largest absolute Gasteiger partial charge is 0.472 e. The molecule has 1 amide bonds. The number of para-hydroxylation sites is 1. The zero-order chi connectivity index (χ0) is 37.5. The van der Waals surface area contributed by atoms with E-state index in [1.165, 1.54) is 14.2 Å². The number of hydrogen-bond donors (Lipinski definition) is 1. The van der Waals surface area contributed by atoms with Crippen LogP contribution in [0.3, 0.4) is 0 Å². The van der Waals surface area contributed by atoms with Crippen LogP contribution < -0.4 is 15.5 Å². The number of alkyl halides is 3. The summed E-state index contributed by atoms with van der Waals surface area (Å²) in [6.45, 7) is 1.82. The molecule has 5 rings (SSSR count). The molecule has 51 heavy (non-hydrogen) atoms. The summed E-state index contributed by atoms with van der Waals surface area (Å²) >= 11 is 17.7. The second-order valence-electron chi connectivity index (χ2n) is 9.95. The molecule has 2 aromatic heterocycles. The van der Waals surface area contributed by atoms with Crippen LogP contribution in [0.1, 0.15) is 23.7 Å². The molecule has 0 aliphatic rings. The number of nitrogens with zero attached hydrogens (tertiary/aromatic N) is 6. The number of benzene rings is 3. The molecule has 2 heterocycles. The monoisotopic (exact) mass is 783 g/mol. The first-order valence-electron chi connectivity index (χ1n) is 14.4. The van der Waals surface area contributed by atoms with Crippen molar-refractivity contribution in [2.45, 2.75) is 24.6 Å². The Hall–Kier alpha value is -4.79. The fourth-order valence-electron chi connectivity index (χ4n) is 4.42. The molecular formula is C32H27Cl3F3N7O5S. The van der Waals surface area contributed by atoms with Crippen molar-refractivity contribution >= 4 is 63.2 Å². The second-order valence-corrected chi connectivity index (χ2v) is 12.9. The number of hydroxylamine groups is 1. The van der Waals surface area contributed by atoms with Gasteiger partial charge in [-0.3, -0.25) is 9.05 Å². The Labute approximate surface area is 307 Å². The lowest BCUT2D eigenvalue weighted by molar-refractivity contribution is -0.137. The van der Waals surface area contributed by atoms with Crippen molar-refractivity contribution in [3.05, 3.63) is 105 Å². The smallest absolute Gasteiger partial charge is 0.438 e. The van der Waals surface area contributed by atoms with Crippen LogP contribution in [0.15, 0.2) is 77.8 Å². The molecule has 2 N–H and O–H groups in total. The number of rotatable bonds is 9. The lowest BCUT2D eigenvalue weighted by Gasteiger charge is -2.20. The summed E-state index contributed by atoms with van der Waals surface area (Å²) in [7, 11) is 1.08. The lowest BCUT2D eigenvalue weighted by atomic mass is 10.2. The number of aromatic nitrogens is 4. The van der Waals surface area contributed by atoms with Crippen molar-refractivity contribution < 1.29 is 36.5 Å². The van der Waals surface area contributed by atoms with Gasteiger partial charge in [0.25, 0.3) is 0 Å². The minimum absolute atomic E-state index is 0.00738. The van der Waals surface area contributed by atoms with Gasteiger partial charge >= 0.3 is 12.3 Å². The highest BCUT2D eigenvalue weighted by molar-refractivity contribution is 7.85. The summed E-state index contributed by atoms with van der Waals surface area (Å²) in [6, 6.07) is 19.4. The maximum absolute atomic E-state index is 12.8. The molecule has 0 aliphatic carbocycles. The highest BCUT2D eigenvalue weighted by Gasteiger charge is 2.33. The van der Waals surface area contributed by atoms with E-state index in [0.29, 0.717) is 28.7 Å². The van der Waals surface area contributed by atoms with Crippen molar-refractivity contribution in [3.8, 4) is 23.3 Å². The molecular weight excluding hydrogens is 758 g/mol. The highest BCUT2D eigenvalue weighted by Crippen LogP contribution is 2.39. The summed E-state index contributed by atoms with van der Waals surface area (Å²) < 4.78 is 63.5. The zero-order valence-corrected chi connectivity index (χ0v) is 29.9. The van der Waals surface area contributed by atoms with E-state index in [0.717, 1.165) is 21.0 Å². The Kier molecular flexibility index (Phi) is 13.0. The molecule has 0 radical (unpaired) electrons. The van der Waals surface area contributed by atoms with Gasteiger partial charge in [0.1, 0.15) is 29.1 Å². The summed E-state index contributed by atoms with van der Waals surface area (Å²) in [5.74, 6) is 0.455. The van der Waals surface area contributed by atoms with Crippen LogP contribution in [-0.4, -0.2) is 49.8 Å². The number of amides is 1. The Bertz CT molecular complexity index is 2060. The van der Waals surface area contributed by atoms with E-state index in [1.54, 1.807) is 54.2 Å². The lowest BCUT2D eigenvalue weighted by Crippen LogP contribution is -2.30. The van der Waals surface area contributed by atoms with Crippen LogP contribution in [0.2, 0.25) is 15.1 Å². The Balaban J connectivity index is 0.000000230. The van der Waals surface area contributed by atoms with Crippen molar-refractivity contribution in [1.29, 1.82) is 5.26 Å². The third-order valence-corrected chi connectivity index (χ3v) is 9.00. The maximum atomic E-state index is 12.8. The summed E-state index contributed by atoms with van der Waals surface area (Å²) in [5.41, 5.74) is 6.64. The van der Waals surface area contributed by atoms with Gasteiger partial charge in [0.15, 0.2) is 5.69 Å². The standard InChI is InChI=1S/C19H18ClN3O4.C13H9Cl2F3N4OS/c1-25-19(24)23(26-2)17-6-4-3-5-14(17)13-27-18-11-12-22(21-18)16-9-7-15(20)8-10-16;1-2-24(23)11-9(5-19)21-22(12(11)20)10-7(14)3-6(4-8(10)15)13(16,17)18/h3-12H,13H2,1-2H3;3-4H,2,20H2,1H3. The van der Waals surface area contributed by atoms with E-state index < -0.39 is 28.6 Å². The van der Waals surface area contributed by atoms with E-state index in [2.05, 4.69) is 10.2 Å². The molecule has 1 atom stereocenters. The summed E-state index contributed by atoms with van der Waals surface area (Å²) in [5, 5.41) is 18.4. The Morgan fingerprint density at radius 1 is 1.04 bits per heavy atom.